The molecule has 1 aliphatic heterocycles. The van der Waals surface area contributed by atoms with Gasteiger partial charge >= 0.3 is 0 Å². The van der Waals surface area contributed by atoms with Crippen LogP contribution in [0.5, 0.6) is 0 Å². The Hall–Kier alpha value is 0.440. The molecular formula is C9H17BrO. The van der Waals surface area contributed by atoms with Crippen molar-refractivity contribution >= 4 is 15.9 Å². The topological polar surface area (TPSA) is 9.23 Å². The average Bonchev–Trinajstić information content (AvgIpc) is 2.32. The van der Waals surface area contributed by atoms with E-state index in [0.29, 0.717) is 11.5 Å². The van der Waals surface area contributed by atoms with Crippen LogP contribution in [-0.4, -0.2) is 18.0 Å². The average molecular weight is 221 g/mol. The number of rotatable bonds is 1. The predicted molar refractivity (Wildman–Crippen MR) is 51.1 cm³/mol. The first-order chi connectivity index (χ1) is 5.04. The molecular weight excluding hydrogens is 204 g/mol. The van der Waals surface area contributed by atoms with E-state index in [1.165, 1.54) is 6.42 Å². The van der Waals surface area contributed by atoms with Gasteiger partial charge in [0.15, 0.2) is 0 Å². The lowest BCUT2D eigenvalue weighted by Crippen LogP contribution is -2.20. The van der Waals surface area contributed by atoms with Crippen molar-refractivity contribution in [3.05, 3.63) is 0 Å². The van der Waals surface area contributed by atoms with E-state index in [2.05, 4.69) is 36.7 Å². The Morgan fingerprint density at radius 2 is 2.09 bits per heavy atom. The molecule has 0 saturated carbocycles. The Balaban J connectivity index is 2.42. The molecule has 0 unspecified atom stereocenters. The molecule has 1 aliphatic rings. The van der Waals surface area contributed by atoms with Gasteiger partial charge in [-0.1, -0.05) is 36.7 Å². The monoisotopic (exact) mass is 220 g/mol. The maximum atomic E-state index is 5.59. The molecule has 1 heterocycles. The van der Waals surface area contributed by atoms with Gasteiger partial charge in [-0.15, -0.1) is 0 Å². The van der Waals surface area contributed by atoms with Gasteiger partial charge in [0.1, 0.15) is 0 Å². The molecule has 66 valence electrons. The van der Waals surface area contributed by atoms with Gasteiger partial charge in [-0.05, 0) is 17.8 Å². The van der Waals surface area contributed by atoms with Crippen LogP contribution in [-0.2, 0) is 4.74 Å². The molecule has 1 rings (SSSR count). The summed E-state index contributed by atoms with van der Waals surface area (Å²) >= 11 is 3.45. The number of alkyl halides is 1. The van der Waals surface area contributed by atoms with E-state index in [4.69, 9.17) is 4.74 Å². The Morgan fingerprint density at radius 1 is 1.45 bits per heavy atom. The van der Waals surface area contributed by atoms with Gasteiger partial charge in [-0.25, -0.2) is 0 Å². The standard InChI is InChI=1S/C9H17BrO/c1-9(2,3)7-4-8(5-10)11-6-7/h7-8H,4-6H2,1-3H3/t7-,8-/m0/s1. The molecule has 11 heavy (non-hydrogen) atoms. The van der Waals surface area contributed by atoms with Crippen molar-refractivity contribution in [3.63, 3.8) is 0 Å². The summed E-state index contributed by atoms with van der Waals surface area (Å²) in [5.74, 6) is 0.741. The number of hydrogen-bond acceptors (Lipinski definition) is 1. The summed E-state index contributed by atoms with van der Waals surface area (Å²) in [5, 5.41) is 0.986. The van der Waals surface area contributed by atoms with Crippen molar-refractivity contribution in [2.45, 2.75) is 33.3 Å². The Morgan fingerprint density at radius 3 is 2.36 bits per heavy atom. The van der Waals surface area contributed by atoms with Gasteiger partial charge in [0, 0.05) is 5.33 Å². The summed E-state index contributed by atoms with van der Waals surface area (Å²) in [5.41, 5.74) is 0.414. The highest BCUT2D eigenvalue weighted by Crippen LogP contribution is 2.35. The van der Waals surface area contributed by atoms with Crippen molar-refractivity contribution in [1.29, 1.82) is 0 Å². The van der Waals surface area contributed by atoms with Crippen molar-refractivity contribution in [2.24, 2.45) is 11.3 Å². The van der Waals surface area contributed by atoms with Crippen molar-refractivity contribution < 1.29 is 4.74 Å². The van der Waals surface area contributed by atoms with Crippen LogP contribution in [0.1, 0.15) is 27.2 Å². The van der Waals surface area contributed by atoms with Crippen LogP contribution in [0.2, 0.25) is 0 Å². The van der Waals surface area contributed by atoms with Crippen molar-refractivity contribution in [1.82, 2.24) is 0 Å². The van der Waals surface area contributed by atoms with Crippen LogP contribution >= 0.6 is 15.9 Å². The van der Waals surface area contributed by atoms with Crippen LogP contribution in [0.4, 0.5) is 0 Å². The minimum absolute atomic E-state index is 0.414. The Bertz CT molecular complexity index is 128. The van der Waals surface area contributed by atoms with E-state index in [0.717, 1.165) is 17.9 Å². The fourth-order valence-corrected chi connectivity index (χ4v) is 1.87. The first-order valence-electron chi connectivity index (χ1n) is 4.21. The molecule has 0 spiro atoms. The molecule has 1 saturated heterocycles. The zero-order valence-electron chi connectivity index (χ0n) is 7.56. The lowest BCUT2D eigenvalue weighted by atomic mass is 9.80. The first kappa shape index (κ1) is 9.53. The quantitative estimate of drug-likeness (QED) is 0.618. The second-order valence-corrected chi connectivity index (χ2v) is 5.06. The molecule has 0 aliphatic carbocycles. The number of halogens is 1. The largest absolute Gasteiger partial charge is 0.377 e. The third kappa shape index (κ3) is 2.45. The fraction of sp³-hybridized carbons (Fsp3) is 1.00. The second-order valence-electron chi connectivity index (χ2n) is 4.41. The second kappa shape index (κ2) is 3.44. The molecule has 0 bridgehead atoms. The van der Waals surface area contributed by atoms with Gasteiger partial charge < -0.3 is 4.74 Å². The Labute approximate surface area is 77.6 Å². The molecule has 2 atom stereocenters. The summed E-state index contributed by atoms with van der Waals surface area (Å²) in [4.78, 5) is 0. The maximum Gasteiger partial charge on any atom is 0.0675 e. The number of ether oxygens (including phenoxy) is 1. The first-order valence-corrected chi connectivity index (χ1v) is 5.33. The zero-order chi connectivity index (χ0) is 8.48. The van der Waals surface area contributed by atoms with E-state index in [1.54, 1.807) is 0 Å². The fourth-order valence-electron chi connectivity index (χ4n) is 1.42. The van der Waals surface area contributed by atoms with Crippen LogP contribution in [0.3, 0.4) is 0 Å². The van der Waals surface area contributed by atoms with E-state index < -0.39 is 0 Å². The number of hydrogen-bond donors (Lipinski definition) is 0. The van der Waals surface area contributed by atoms with Crippen LogP contribution < -0.4 is 0 Å². The van der Waals surface area contributed by atoms with Crippen molar-refractivity contribution in [2.75, 3.05) is 11.9 Å². The van der Waals surface area contributed by atoms with E-state index in [9.17, 15) is 0 Å². The molecule has 0 N–H and O–H groups in total. The third-order valence-electron chi connectivity index (χ3n) is 2.48. The van der Waals surface area contributed by atoms with Gasteiger partial charge in [0.2, 0.25) is 0 Å². The summed E-state index contributed by atoms with van der Waals surface area (Å²) in [6, 6.07) is 0. The van der Waals surface area contributed by atoms with E-state index in [1.807, 2.05) is 0 Å². The van der Waals surface area contributed by atoms with Crippen LogP contribution in [0.25, 0.3) is 0 Å². The Kier molecular flexibility index (Phi) is 2.98. The van der Waals surface area contributed by atoms with Gasteiger partial charge in [-0.2, -0.15) is 0 Å². The predicted octanol–water partition coefficient (Wildman–Crippen LogP) is 2.83. The SMILES string of the molecule is CC(C)(C)[C@@H]1CO[C@H](CBr)C1. The molecule has 0 aromatic carbocycles. The lowest BCUT2D eigenvalue weighted by Gasteiger charge is -2.25. The zero-order valence-corrected chi connectivity index (χ0v) is 9.15. The van der Waals surface area contributed by atoms with Crippen LogP contribution in [0.15, 0.2) is 0 Å². The molecule has 0 radical (unpaired) electrons. The lowest BCUT2D eigenvalue weighted by molar-refractivity contribution is 0.111. The molecule has 1 nitrogen and oxygen atoms in total. The van der Waals surface area contributed by atoms with E-state index in [-0.39, 0.29) is 0 Å². The molecule has 1 fully saturated rings. The maximum absolute atomic E-state index is 5.59. The third-order valence-corrected chi connectivity index (χ3v) is 3.20. The molecule has 0 amide bonds. The minimum Gasteiger partial charge on any atom is -0.377 e. The molecule has 0 aromatic heterocycles. The van der Waals surface area contributed by atoms with E-state index >= 15 is 0 Å². The highest BCUT2D eigenvalue weighted by molar-refractivity contribution is 9.09. The van der Waals surface area contributed by atoms with Crippen LogP contribution in [0, 0.1) is 11.3 Å². The summed E-state index contributed by atoms with van der Waals surface area (Å²) in [7, 11) is 0. The summed E-state index contributed by atoms with van der Waals surface area (Å²) < 4.78 is 5.59. The summed E-state index contributed by atoms with van der Waals surface area (Å²) in [6.07, 6.45) is 1.67. The molecule has 2 heteroatoms. The van der Waals surface area contributed by atoms with Crippen molar-refractivity contribution in [3.8, 4) is 0 Å². The molecule has 0 aromatic rings. The smallest absolute Gasteiger partial charge is 0.0675 e. The summed E-state index contributed by atoms with van der Waals surface area (Å²) in [6.45, 7) is 7.81. The van der Waals surface area contributed by atoms with Gasteiger partial charge in [-0.3, -0.25) is 0 Å². The normalized spacial score (nSPS) is 32.7. The van der Waals surface area contributed by atoms with Gasteiger partial charge in [0.25, 0.3) is 0 Å². The highest BCUT2D eigenvalue weighted by Gasteiger charge is 2.32. The van der Waals surface area contributed by atoms with Gasteiger partial charge in [0.05, 0.1) is 12.7 Å². The minimum atomic E-state index is 0.414. The highest BCUT2D eigenvalue weighted by atomic mass is 79.9.